The average Bonchev–Trinajstić information content (AvgIpc) is 3.75. The van der Waals surface area contributed by atoms with Gasteiger partial charge in [-0.1, -0.05) is 127 Å². The second kappa shape index (κ2) is 13.4. The van der Waals surface area contributed by atoms with Crippen molar-refractivity contribution in [3.05, 3.63) is 192 Å². The number of para-hydroxylation sites is 2. The van der Waals surface area contributed by atoms with E-state index in [4.69, 9.17) is 0 Å². The lowest BCUT2D eigenvalue weighted by molar-refractivity contribution is -0.137. The van der Waals surface area contributed by atoms with Crippen LogP contribution in [0.15, 0.2) is 170 Å². The minimum absolute atomic E-state index is 0.0199. The molecule has 10 rings (SSSR count). The van der Waals surface area contributed by atoms with Crippen LogP contribution in [0.3, 0.4) is 0 Å². The molecular weight excluding hydrogens is 724 g/mol. The van der Waals surface area contributed by atoms with Gasteiger partial charge in [0.25, 0.3) is 0 Å². The molecule has 0 unspecified atom stereocenters. The molecule has 0 atom stereocenters. The Morgan fingerprint density at radius 3 is 1.33 bits per heavy atom. The monoisotopic (exact) mass is 757 g/mol. The third kappa shape index (κ3) is 5.50. The normalized spacial score (nSPS) is 11.9. The lowest BCUT2D eigenvalue weighted by atomic mass is 9.93. The van der Waals surface area contributed by atoms with Crippen molar-refractivity contribution in [2.24, 2.45) is 0 Å². The maximum atomic E-state index is 15.3. The van der Waals surface area contributed by atoms with Crippen LogP contribution in [0.5, 0.6) is 0 Å². The molecule has 8 aromatic carbocycles. The van der Waals surface area contributed by atoms with Crippen LogP contribution >= 0.6 is 0 Å². The maximum Gasteiger partial charge on any atom is 0.417 e. The van der Waals surface area contributed by atoms with Crippen molar-refractivity contribution in [1.82, 2.24) is 9.13 Å². The Kier molecular flexibility index (Phi) is 8.10. The highest BCUT2D eigenvalue weighted by Gasteiger charge is 2.35. The van der Waals surface area contributed by atoms with Crippen molar-refractivity contribution < 1.29 is 13.2 Å². The molecule has 0 aliphatic carbocycles. The molecule has 0 aliphatic heterocycles. The highest BCUT2D eigenvalue weighted by Crippen LogP contribution is 2.47. The number of fused-ring (bicyclic) bond motifs is 6. The molecule has 0 amide bonds. The van der Waals surface area contributed by atoms with E-state index < -0.39 is 11.7 Å². The fourth-order valence-corrected chi connectivity index (χ4v) is 8.84. The summed E-state index contributed by atoms with van der Waals surface area (Å²) in [6.45, 7) is 4.14. The summed E-state index contributed by atoms with van der Waals surface area (Å²) in [5.41, 5.74) is 10.4. The summed E-state index contributed by atoms with van der Waals surface area (Å²) in [6, 6.07) is 56.5. The number of hydrogen-bond donors (Lipinski definition) is 0. The van der Waals surface area contributed by atoms with E-state index in [2.05, 4.69) is 80.6 Å². The molecule has 0 saturated heterocycles. The highest BCUT2D eigenvalue weighted by atomic mass is 19.4. The van der Waals surface area contributed by atoms with Crippen LogP contribution in [-0.2, 0) is 6.18 Å². The van der Waals surface area contributed by atoms with Crippen LogP contribution in [0.1, 0.15) is 22.3 Å². The molecule has 0 spiro atoms. The number of rotatable bonds is 5. The lowest BCUT2D eigenvalue weighted by Gasteiger charge is -2.23. The first-order valence-corrected chi connectivity index (χ1v) is 19.1. The summed E-state index contributed by atoms with van der Waals surface area (Å²) in [6.07, 6.45) is -4.67. The van der Waals surface area contributed by atoms with Crippen LogP contribution < -0.4 is 0 Å². The minimum Gasteiger partial charge on any atom is -0.308 e. The Hall–Kier alpha value is -7.36. The SMILES string of the molecule is Cc1ccccc1-c1ccc2c3ccccc3n(-c3cc(C#N)cc(-n4c5ccccc5c5ccc(-c6ccccc6C)cc54)c3-c3ccccc3C(F)(F)F)c2c1. The second-order valence-electron chi connectivity index (χ2n) is 14.8. The number of hydrogen-bond acceptors (Lipinski definition) is 1. The summed E-state index contributed by atoms with van der Waals surface area (Å²) < 4.78 is 50.1. The molecule has 0 radical (unpaired) electrons. The molecule has 58 heavy (non-hydrogen) atoms. The van der Waals surface area contributed by atoms with Crippen LogP contribution in [0.25, 0.3) is 88.4 Å². The Labute approximate surface area is 333 Å². The lowest BCUT2D eigenvalue weighted by Crippen LogP contribution is -2.11. The quantitative estimate of drug-likeness (QED) is 0.172. The van der Waals surface area contributed by atoms with Gasteiger partial charge in [-0.3, -0.25) is 0 Å². The van der Waals surface area contributed by atoms with Gasteiger partial charge in [-0.25, -0.2) is 0 Å². The molecule has 2 heterocycles. The van der Waals surface area contributed by atoms with Gasteiger partial charge in [-0.2, -0.15) is 18.4 Å². The van der Waals surface area contributed by atoms with Gasteiger partial charge in [-0.15, -0.1) is 0 Å². The zero-order valence-corrected chi connectivity index (χ0v) is 31.6. The summed E-state index contributed by atoms with van der Waals surface area (Å²) in [5.74, 6) is 0. The van der Waals surface area contributed by atoms with Crippen molar-refractivity contribution >= 4 is 43.6 Å². The predicted molar refractivity (Wildman–Crippen MR) is 231 cm³/mol. The van der Waals surface area contributed by atoms with Gasteiger partial charge in [0.2, 0.25) is 0 Å². The van der Waals surface area contributed by atoms with Crippen molar-refractivity contribution in [3.8, 4) is 50.8 Å². The fourth-order valence-electron chi connectivity index (χ4n) is 8.84. The summed E-state index contributed by atoms with van der Waals surface area (Å²) >= 11 is 0. The van der Waals surface area contributed by atoms with Crippen LogP contribution in [0, 0.1) is 25.2 Å². The van der Waals surface area contributed by atoms with E-state index in [-0.39, 0.29) is 5.56 Å². The first-order chi connectivity index (χ1) is 28.2. The molecule has 10 aromatic rings. The molecule has 0 N–H and O–H groups in total. The van der Waals surface area contributed by atoms with E-state index in [1.165, 1.54) is 6.07 Å². The van der Waals surface area contributed by atoms with Gasteiger partial charge >= 0.3 is 6.18 Å². The van der Waals surface area contributed by atoms with E-state index in [0.717, 1.165) is 83.1 Å². The molecule has 0 saturated carbocycles. The van der Waals surface area contributed by atoms with Gasteiger partial charge in [0.15, 0.2) is 0 Å². The van der Waals surface area contributed by atoms with Crippen molar-refractivity contribution in [2.75, 3.05) is 0 Å². The zero-order valence-electron chi connectivity index (χ0n) is 31.6. The van der Waals surface area contributed by atoms with Gasteiger partial charge in [0, 0.05) is 27.1 Å². The van der Waals surface area contributed by atoms with Gasteiger partial charge < -0.3 is 9.13 Å². The Bertz CT molecular complexity index is 3140. The smallest absolute Gasteiger partial charge is 0.308 e. The molecule has 0 fully saturated rings. The number of nitrogens with zero attached hydrogens (tertiary/aromatic N) is 3. The molecular formula is C52H34F3N3. The van der Waals surface area contributed by atoms with Crippen LogP contribution in [0.4, 0.5) is 13.2 Å². The summed E-state index contributed by atoms with van der Waals surface area (Å²) in [5, 5.41) is 14.6. The molecule has 2 aromatic heterocycles. The van der Waals surface area contributed by atoms with E-state index in [0.29, 0.717) is 22.5 Å². The molecule has 6 heteroatoms. The first-order valence-electron chi connectivity index (χ1n) is 19.1. The number of aryl methyl sites for hydroxylation is 2. The Balaban J connectivity index is 1.40. The summed E-state index contributed by atoms with van der Waals surface area (Å²) in [4.78, 5) is 0. The number of alkyl halides is 3. The van der Waals surface area contributed by atoms with Crippen LogP contribution in [0.2, 0.25) is 0 Å². The van der Waals surface area contributed by atoms with Crippen molar-refractivity contribution in [2.45, 2.75) is 20.0 Å². The number of nitriles is 1. The first kappa shape index (κ1) is 35.1. The number of halogens is 3. The molecule has 0 bridgehead atoms. The van der Waals surface area contributed by atoms with Crippen molar-refractivity contribution in [1.29, 1.82) is 5.26 Å². The Morgan fingerprint density at radius 1 is 0.448 bits per heavy atom. The highest BCUT2D eigenvalue weighted by molar-refractivity contribution is 6.13. The van der Waals surface area contributed by atoms with E-state index in [1.54, 1.807) is 24.3 Å². The summed E-state index contributed by atoms with van der Waals surface area (Å²) in [7, 11) is 0. The second-order valence-corrected chi connectivity index (χ2v) is 14.8. The van der Waals surface area contributed by atoms with E-state index >= 15 is 13.2 Å². The topological polar surface area (TPSA) is 33.6 Å². The minimum atomic E-state index is -4.67. The van der Waals surface area contributed by atoms with Gasteiger partial charge in [-0.05, 0) is 95.3 Å². The molecule has 0 aliphatic rings. The van der Waals surface area contributed by atoms with Crippen LogP contribution in [-0.4, -0.2) is 9.13 Å². The average molecular weight is 758 g/mol. The zero-order chi connectivity index (χ0) is 39.7. The largest absolute Gasteiger partial charge is 0.417 e. The number of benzene rings is 8. The number of aromatic nitrogens is 2. The van der Waals surface area contributed by atoms with E-state index in [9.17, 15) is 5.26 Å². The molecule has 3 nitrogen and oxygen atoms in total. The third-order valence-electron chi connectivity index (χ3n) is 11.5. The fraction of sp³-hybridized carbons (Fsp3) is 0.0577. The standard InChI is InChI=1S/C52H34F3N3/c1-32-13-3-5-15-37(32)35-23-25-41-39-17-8-11-21-45(39)57(47(41)29-35)49-27-34(31-56)28-50(51(49)43-19-7-10-20-44(43)52(53,54)55)58-46-22-12-9-18-40(46)42-26-24-36(30-48(42)58)38-16-6-4-14-33(38)2/h3-30H,1-2H3. The van der Waals surface area contributed by atoms with Crippen molar-refractivity contribution in [3.63, 3.8) is 0 Å². The predicted octanol–water partition coefficient (Wildman–Crippen LogP) is 14.4. The Morgan fingerprint density at radius 2 is 0.862 bits per heavy atom. The van der Waals surface area contributed by atoms with Gasteiger partial charge in [0.1, 0.15) is 0 Å². The third-order valence-corrected chi connectivity index (χ3v) is 11.5. The van der Waals surface area contributed by atoms with E-state index in [1.807, 2.05) is 81.9 Å². The maximum absolute atomic E-state index is 15.3. The molecule has 278 valence electrons. The van der Waals surface area contributed by atoms with Gasteiger partial charge in [0.05, 0.1) is 50.6 Å².